The minimum Gasteiger partial charge on any atom is -0.494 e. The van der Waals surface area contributed by atoms with E-state index in [1.807, 2.05) is 24.3 Å². The standard InChI is InChI=1S/C30H29N3O6/c1-2-3-4-5-6-17-37-23-13-9-20(10-14-23)28-25-16-15-24(18-27(25)39-29(32)26(28)19-31)38-30(34)21-7-11-22(12-8-21)33(35)36/h7-16,18,28H,2-6,17,32H2,1H3. The fourth-order valence-electron chi connectivity index (χ4n) is 4.38. The molecule has 1 unspecified atom stereocenters. The number of carbonyl (C=O) groups excluding carboxylic acids is 1. The molecule has 1 aliphatic rings. The van der Waals surface area contributed by atoms with Crippen LogP contribution in [0.3, 0.4) is 0 Å². The summed E-state index contributed by atoms with van der Waals surface area (Å²) in [4.78, 5) is 22.9. The maximum Gasteiger partial charge on any atom is 0.343 e. The summed E-state index contributed by atoms with van der Waals surface area (Å²) in [6.45, 7) is 2.84. The number of nitro benzene ring substituents is 1. The minimum absolute atomic E-state index is 0.0266. The zero-order valence-corrected chi connectivity index (χ0v) is 21.6. The first-order valence-electron chi connectivity index (χ1n) is 12.8. The van der Waals surface area contributed by atoms with Gasteiger partial charge in [-0.2, -0.15) is 5.26 Å². The Morgan fingerprint density at radius 1 is 1.03 bits per heavy atom. The summed E-state index contributed by atoms with van der Waals surface area (Å²) in [5.74, 6) is 0.136. The maximum absolute atomic E-state index is 12.6. The van der Waals surface area contributed by atoms with Crippen molar-refractivity contribution in [2.24, 2.45) is 5.73 Å². The third kappa shape index (κ3) is 6.54. The van der Waals surface area contributed by atoms with E-state index in [0.29, 0.717) is 17.9 Å². The van der Waals surface area contributed by atoms with Crippen molar-refractivity contribution in [1.29, 1.82) is 5.26 Å². The van der Waals surface area contributed by atoms with Crippen molar-refractivity contribution < 1.29 is 23.9 Å². The molecule has 0 aliphatic carbocycles. The number of hydrogen-bond donors (Lipinski definition) is 1. The molecule has 0 spiro atoms. The quantitative estimate of drug-likeness (QED) is 0.0996. The highest BCUT2D eigenvalue weighted by Gasteiger charge is 2.31. The van der Waals surface area contributed by atoms with Crippen molar-refractivity contribution in [1.82, 2.24) is 0 Å². The van der Waals surface area contributed by atoms with Crippen LogP contribution in [-0.4, -0.2) is 17.5 Å². The predicted molar refractivity (Wildman–Crippen MR) is 144 cm³/mol. The van der Waals surface area contributed by atoms with Crippen LogP contribution in [-0.2, 0) is 0 Å². The van der Waals surface area contributed by atoms with Gasteiger partial charge in [-0.1, -0.05) is 50.8 Å². The molecule has 1 atom stereocenters. The van der Waals surface area contributed by atoms with Crippen molar-refractivity contribution in [3.05, 3.63) is 105 Å². The van der Waals surface area contributed by atoms with Gasteiger partial charge in [0.2, 0.25) is 5.88 Å². The topological polar surface area (TPSA) is 138 Å². The molecule has 1 aliphatic heterocycles. The van der Waals surface area contributed by atoms with Gasteiger partial charge in [-0.25, -0.2) is 4.79 Å². The molecule has 4 rings (SSSR count). The highest BCUT2D eigenvalue weighted by atomic mass is 16.6. The van der Waals surface area contributed by atoms with Crippen molar-refractivity contribution >= 4 is 11.7 Å². The number of unbranched alkanes of at least 4 members (excludes halogenated alkanes) is 4. The van der Waals surface area contributed by atoms with Crippen LogP contribution in [0.15, 0.2) is 78.2 Å². The number of nitriles is 1. The second kappa shape index (κ2) is 12.6. The molecule has 0 fully saturated rings. The van der Waals surface area contributed by atoms with Crippen LogP contribution in [0.5, 0.6) is 17.2 Å². The van der Waals surface area contributed by atoms with Gasteiger partial charge in [0.15, 0.2) is 0 Å². The monoisotopic (exact) mass is 527 g/mol. The first-order valence-corrected chi connectivity index (χ1v) is 12.8. The Morgan fingerprint density at radius 3 is 2.38 bits per heavy atom. The molecule has 2 N–H and O–H groups in total. The third-order valence-corrected chi connectivity index (χ3v) is 6.44. The normalized spacial score (nSPS) is 14.1. The molecule has 0 saturated carbocycles. The van der Waals surface area contributed by atoms with Crippen molar-refractivity contribution in [2.75, 3.05) is 6.61 Å². The number of allylic oxidation sites excluding steroid dienone is 1. The van der Waals surface area contributed by atoms with Gasteiger partial charge in [-0.15, -0.1) is 0 Å². The average molecular weight is 528 g/mol. The van der Waals surface area contributed by atoms with Gasteiger partial charge in [0, 0.05) is 23.8 Å². The van der Waals surface area contributed by atoms with Gasteiger partial charge in [0.05, 0.1) is 23.0 Å². The smallest absolute Gasteiger partial charge is 0.343 e. The number of carbonyl (C=O) groups is 1. The van der Waals surface area contributed by atoms with Gasteiger partial charge in [-0.05, 0) is 42.3 Å². The Kier molecular flexibility index (Phi) is 8.79. The van der Waals surface area contributed by atoms with Crippen LogP contribution in [0.2, 0.25) is 0 Å². The van der Waals surface area contributed by atoms with Gasteiger partial charge in [-0.3, -0.25) is 10.1 Å². The molecule has 0 bridgehead atoms. The number of ether oxygens (including phenoxy) is 3. The van der Waals surface area contributed by atoms with E-state index >= 15 is 0 Å². The van der Waals surface area contributed by atoms with Crippen molar-refractivity contribution in [3.8, 4) is 23.3 Å². The van der Waals surface area contributed by atoms with Crippen LogP contribution < -0.4 is 19.9 Å². The Bertz CT molecular complexity index is 1410. The Hall–Kier alpha value is -4.84. The molecule has 200 valence electrons. The van der Waals surface area contributed by atoms with E-state index in [2.05, 4.69) is 13.0 Å². The van der Waals surface area contributed by atoms with Crippen LogP contribution in [0, 0.1) is 21.4 Å². The number of rotatable bonds is 11. The van der Waals surface area contributed by atoms with Gasteiger partial charge < -0.3 is 19.9 Å². The number of non-ortho nitro benzene ring substituents is 1. The van der Waals surface area contributed by atoms with Crippen LogP contribution in [0.25, 0.3) is 0 Å². The number of hydrogen-bond acceptors (Lipinski definition) is 8. The molecule has 9 heteroatoms. The first-order chi connectivity index (χ1) is 18.9. The number of esters is 1. The average Bonchev–Trinajstić information content (AvgIpc) is 2.94. The van der Waals surface area contributed by atoms with E-state index in [1.165, 1.54) is 49.6 Å². The molecule has 0 saturated heterocycles. The summed E-state index contributed by atoms with van der Waals surface area (Å²) < 4.78 is 17.0. The summed E-state index contributed by atoms with van der Waals surface area (Å²) >= 11 is 0. The van der Waals surface area contributed by atoms with E-state index in [-0.39, 0.29) is 28.5 Å². The summed E-state index contributed by atoms with van der Waals surface area (Å²) in [6, 6.07) is 19.7. The molecule has 9 nitrogen and oxygen atoms in total. The zero-order chi connectivity index (χ0) is 27.8. The third-order valence-electron chi connectivity index (χ3n) is 6.44. The molecule has 0 radical (unpaired) electrons. The second-order valence-electron chi connectivity index (χ2n) is 9.15. The number of nitrogens with zero attached hydrogens (tertiary/aromatic N) is 2. The summed E-state index contributed by atoms with van der Waals surface area (Å²) in [7, 11) is 0. The molecule has 0 aromatic heterocycles. The second-order valence-corrected chi connectivity index (χ2v) is 9.15. The maximum atomic E-state index is 12.6. The lowest BCUT2D eigenvalue weighted by Gasteiger charge is -2.26. The Balaban J connectivity index is 1.49. The lowest BCUT2D eigenvalue weighted by molar-refractivity contribution is -0.384. The largest absolute Gasteiger partial charge is 0.494 e. The zero-order valence-electron chi connectivity index (χ0n) is 21.6. The molecule has 3 aromatic carbocycles. The van der Waals surface area contributed by atoms with E-state index in [0.717, 1.165) is 24.2 Å². The van der Waals surface area contributed by atoms with Gasteiger partial charge in [0.1, 0.15) is 28.9 Å². The van der Waals surface area contributed by atoms with Crippen LogP contribution in [0.1, 0.15) is 66.4 Å². The van der Waals surface area contributed by atoms with Crippen molar-refractivity contribution in [2.45, 2.75) is 44.9 Å². The number of nitrogens with two attached hydrogens (primary N) is 1. The molecular formula is C30H29N3O6. The van der Waals surface area contributed by atoms with E-state index in [4.69, 9.17) is 19.9 Å². The number of benzene rings is 3. The molecule has 0 amide bonds. The van der Waals surface area contributed by atoms with Gasteiger partial charge >= 0.3 is 5.97 Å². The summed E-state index contributed by atoms with van der Waals surface area (Å²) in [6.07, 6.45) is 5.80. The SMILES string of the molecule is CCCCCCCOc1ccc(C2C(C#N)=C(N)Oc3cc(OC(=O)c4ccc([N+](=O)[O-])cc4)ccc32)cc1. The lowest BCUT2D eigenvalue weighted by atomic mass is 9.83. The van der Waals surface area contributed by atoms with Gasteiger partial charge in [0.25, 0.3) is 5.69 Å². The number of nitro groups is 1. The first kappa shape index (κ1) is 27.2. The summed E-state index contributed by atoms with van der Waals surface area (Å²) in [5.41, 5.74) is 7.95. The molecule has 3 aromatic rings. The fourth-order valence-corrected chi connectivity index (χ4v) is 4.38. The molecule has 39 heavy (non-hydrogen) atoms. The lowest BCUT2D eigenvalue weighted by Crippen LogP contribution is -2.21. The minimum atomic E-state index is -0.681. The highest BCUT2D eigenvalue weighted by Crippen LogP contribution is 2.43. The predicted octanol–water partition coefficient (Wildman–Crippen LogP) is 6.38. The highest BCUT2D eigenvalue weighted by molar-refractivity contribution is 5.91. The summed E-state index contributed by atoms with van der Waals surface area (Å²) in [5, 5.41) is 20.7. The Labute approximate surface area is 226 Å². The Morgan fingerprint density at radius 2 is 1.72 bits per heavy atom. The number of fused-ring (bicyclic) bond motifs is 1. The van der Waals surface area contributed by atoms with E-state index < -0.39 is 16.8 Å². The van der Waals surface area contributed by atoms with E-state index in [9.17, 15) is 20.2 Å². The van der Waals surface area contributed by atoms with Crippen molar-refractivity contribution in [3.63, 3.8) is 0 Å². The molecular weight excluding hydrogens is 498 g/mol. The van der Waals surface area contributed by atoms with Crippen LogP contribution >= 0.6 is 0 Å². The van der Waals surface area contributed by atoms with E-state index in [1.54, 1.807) is 12.1 Å². The molecule has 1 heterocycles. The fraction of sp³-hybridized carbons (Fsp3) is 0.267. The van der Waals surface area contributed by atoms with Crippen LogP contribution in [0.4, 0.5) is 5.69 Å².